The fourth-order valence-electron chi connectivity index (χ4n) is 2.79. The number of hydrogen-bond acceptors (Lipinski definition) is 4. The highest BCUT2D eigenvalue weighted by atomic mass is 16.3. The van der Waals surface area contributed by atoms with Gasteiger partial charge in [0.15, 0.2) is 0 Å². The summed E-state index contributed by atoms with van der Waals surface area (Å²) in [6.45, 7) is 6.74. The van der Waals surface area contributed by atoms with Crippen LogP contribution in [-0.2, 0) is 6.54 Å². The Morgan fingerprint density at radius 1 is 1.19 bits per heavy atom. The summed E-state index contributed by atoms with van der Waals surface area (Å²) in [5, 5.41) is 6.26. The third kappa shape index (κ3) is 4.11. The molecule has 1 amide bonds. The molecule has 26 heavy (non-hydrogen) atoms. The van der Waals surface area contributed by atoms with Crippen LogP contribution in [0.15, 0.2) is 59.3 Å². The van der Waals surface area contributed by atoms with Crippen molar-refractivity contribution >= 4 is 17.3 Å². The van der Waals surface area contributed by atoms with Gasteiger partial charge in [-0.25, -0.2) is 0 Å². The zero-order chi connectivity index (χ0) is 18.5. The summed E-state index contributed by atoms with van der Waals surface area (Å²) in [6, 6.07) is 13.5. The van der Waals surface area contributed by atoms with Crippen molar-refractivity contribution in [2.45, 2.75) is 33.2 Å². The fourth-order valence-corrected chi connectivity index (χ4v) is 2.79. The van der Waals surface area contributed by atoms with Gasteiger partial charge in [-0.3, -0.25) is 9.78 Å². The molecule has 3 rings (SSSR count). The zero-order valence-corrected chi connectivity index (χ0v) is 15.2. The quantitative estimate of drug-likeness (QED) is 0.672. The number of aryl methyl sites for hydroxylation is 1. The molecular formula is C21H23N3O2. The molecule has 0 aliphatic rings. The fraction of sp³-hybridized carbons (Fsp3) is 0.238. The van der Waals surface area contributed by atoms with Gasteiger partial charge < -0.3 is 15.1 Å². The van der Waals surface area contributed by atoms with E-state index in [4.69, 9.17) is 4.42 Å². The number of anilines is 2. The minimum absolute atomic E-state index is 0.237. The van der Waals surface area contributed by atoms with Gasteiger partial charge in [-0.2, -0.15) is 0 Å². The first-order chi connectivity index (χ1) is 12.5. The van der Waals surface area contributed by atoms with E-state index in [1.54, 1.807) is 24.6 Å². The normalized spacial score (nSPS) is 10.8. The number of furan rings is 1. The van der Waals surface area contributed by atoms with E-state index in [1.165, 1.54) is 5.56 Å². The summed E-state index contributed by atoms with van der Waals surface area (Å²) in [7, 11) is 0. The highest BCUT2D eigenvalue weighted by Gasteiger charge is 2.12. The molecule has 0 radical (unpaired) electrons. The summed E-state index contributed by atoms with van der Waals surface area (Å²) in [5.74, 6) is 0.864. The van der Waals surface area contributed by atoms with Crippen LogP contribution in [0.1, 0.15) is 47.1 Å². The second-order valence-electron chi connectivity index (χ2n) is 6.51. The highest BCUT2D eigenvalue weighted by molar-refractivity contribution is 5.93. The van der Waals surface area contributed by atoms with Crippen LogP contribution in [0.25, 0.3) is 0 Å². The van der Waals surface area contributed by atoms with Gasteiger partial charge in [0, 0.05) is 17.6 Å². The van der Waals surface area contributed by atoms with Crippen LogP contribution in [0.3, 0.4) is 0 Å². The van der Waals surface area contributed by atoms with Gasteiger partial charge in [0.1, 0.15) is 11.5 Å². The van der Waals surface area contributed by atoms with Crippen LogP contribution in [0, 0.1) is 6.92 Å². The number of benzene rings is 1. The number of nitrogens with zero attached hydrogens (tertiary/aromatic N) is 1. The van der Waals surface area contributed by atoms with E-state index in [2.05, 4.69) is 54.6 Å². The molecule has 0 fully saturated rings. The number of hydrogen-bond donors (Lipinski definition) is 2. The van der Waals surface area contributed by atoms with Crippen LogP contribution in [0.4, 0.5) is 11.4 Å². The number of nitrogens with one attached hydrogen (secondary N) is 2. The zero-order valence-electron chi connectivity index (χ0n) is 15.2. The molecule has 0 unspecified atom stereocenters. The van der Waals surface area contributed by atoms with E-state index >= 15 is 0 Å². The molecule has 0 atom stereocenters. The first-order valence-electron chi connectivity index (χ1n) is 8.67. The van der Waals surface area contributed by atoms with E-state index in [1.807, 2.05) is 12.1 Å². The topological polar surface area (TPSA) is 67.2 Å². The van der Waals surface area contributed by atoms with Gasteiger partial charge >= 0.3 is 0 Å². The average Bonchev–Trinajstić information content (AvgIpc) is 3.15. The lowest BCUT2D eigenvalue weighted by atomic mass is 9.98. The Morgan fingerprint density at radius 3 is 2.77 bits per heavy atom. The van der Waals surface area contributed by atoms with Crippen molar-refractivity contribution < 1.29 is 9.21 Å². The number of amides is 1. The minimum atomic E-state index is -0.237. The third-order valence-electron chi connectivity index (χ3n) is 4.19. The number of pyridine rings is 1. The Labute approximate surface area is 153 Å². The molecule has 0 bridgehead atoms. The van der Waals surface area contributed by atoms with Crippen molar-refractivity contribution in [3.05, 3.63) is 77.5 Å². The van der Waals surface area contributed by atoms with Crippen molar-refractivity contribution in [1.82, 2.24) is 10.3 Å². The van der Waals surface area contributed by atoms with Crippen molar-refractivity contribution in [3.63, 3.8) is 0 Å². The average molecular weight is 349 g/mol. The first-order valence-corrected chi connectivity index (χ1v) is 8.67. The molecule has 0 spiro atoms. The number of rotatable bonds is 6. The molecule has 0 saturated heterocycles. The van der Waals surface area contributed by atoms with Gasteiger partial charge in [-0.05, 0) is 48.2 Å². The van der Waals surface area contributed by atoms with E-state index in [9.17, 15) is 4.79 Å². The Kier molecular flexibility index (Phi) is 5.37. The van der Waals surface area contributed by atoms with Gasteiger partial charge in [0.2, 0.25) is 0 Å². The molecule has 5 nitrogen and oxygen atoms in total. The SMILES string of the molecule is Cc1cccc(C(C)C)c1Nc1ccnc(C(=O)NCc2ccco2)c1. The van der Waals surface area contributed by atoms with Gasteiger partial charge in [-0.1, -0.05) is 32.0 Å². The molecule has 2 heterocycles. The van der Waals surface area contributed by atoms with E-state index in [0.29, 0.717) is 23.9 Å². The second kappa shape index (κ2) is 7.87. The maximum Gasteiger partial charge on any atom is 0.270 e. The summed E-state index contributed by atoms with van der Waals surface area (Å²) in [6.07, 6.45) is 3.22. The van der Waals surface area contributed by atoms with E-state index in [0.717, 1.165) is 16.9 Å². The van der Waals surface area contributed by atoms with Crippen LogP contribution in [0.2, 0.25) is 0 Å². The van der Waals surface area contributed by atoms with E-state index in [-0.39, 0.29) is 5.91 Å². The Balaban J connectivity index is 1.77. The van der Waals surface area contributed by atoms with Crippen LogP contribution < -0.4 is 10.6 Å². The number of carbonyl (C=O) groups is 1. The Morgan fingerprint density at radius 2 is 2.04 bits per heavy atom. The summed E-state index contributed by atoms with van der Waals surface area (Å²) < 4.78 is 5.22. The first kappa shape index (κ1) is 17.7. The van der Waals surface area contributed by atoms with Gasteiger partial charge in [-0.15, -0.1) is 0 Å². The van der Waals surface area contributed by atoms with Crippen LogP contribution in [0.5, 0.6) is 0 Å². The van der Waals surface area contributed by atoms with Crippen molar-refractivity contribution in [1.29, 1.82) is 0 Å². The number of aromatic nitrogens is 1. The lowest BCUT2D eigenvalue weighted by Gasteiger charge is -2.17. The predicted molar refractivity (Wildman–Crippen MR) is 103 cm³/mol. The molecule has 0 aliphatic heterocycles. The van der Waals surface area contributed by atoms with Crippen molar-refractivity contribution in [2.75, 3.05) is 5.32 Å². The lowest BCUT2D eigenvalue weighted by molar-refractivity contribution is 0.0943. The van der Waals surface area contributed by atoms with Crippen molar-refractivity contribution in [3.8, 4) is 0 Å². The molecule has 2 aromatic heterocycles. The van der Waals surface area contributed by atoms with Crippen LogP contribution >= 0.6 is 0 Å². The van der Waals surface area contributed by atoms with E-state index < -0.39 is 0 Å². The molecule has 1 aromatic carbocycles. The number of para-hydroxylation sites is 1. The molecule has 0 aliphatic carbocycles. The second-order valence-corrected chi connectivity index (χ2v) is 6.51. The van der Waals surface area contributed by atoms with Gasteiger partial charge in [0.05, 0.1) is 12.8 Å². The summed E-state index contributed by atoms with van der Waals surface area (Å²) in [5.41, 5.74) is 4.68. The Bertz CT molecular complexity index is 886. The maximum atomic E-state index is 12.3. The smallest absolute Gasteiger partial charge is 0.270 e. The molecule has 0 saturated carbocycles. The van der Waals surface area contributed by atoms with Crippen LogP contribution in [-0.4, -0.2) is 10.9 Å². The van der Waals surface area contributed by atoms with Gasteiger partial charge in [0.25, 0.3) is 5.91 Å². The standard InChI is InChI=1S/C21H23N3O2/c1-14(2)18-8-4-6-15(3)20(18)24-16-9-10-22-19(12-16)21(25)23-13-17-7-5-11-26-17/h4-12,14H,13H2,1-3H3,(H,22,24)(H,23,25). The summed E-state index contributed by atoms with van der Waals surface area (Å²) in [4.78, 5) is 16.5. The molecule has 5 heteroatoms. The minimum Gasteiger partial charge on any atom is -0.467 e. The Hall–Kier alpha value is -3.08. The third-order valence-corrected chi connectivity index (χ3v) is 4.19. The number of carbonyl (C=O) groups excluding carboxylic acids is 1. The lowest BCUT2D eigenvalue weighted by Crippen LogP contribution is -2.23. The molecule has 2 N–H and O–H groups in total. The maximum absolute atomic E-state index is 12.3. The molecule has 134 valence electrons. The molecule has 3 aromatic rings. The largest absolute Gasteiger partial charge is 0.467 e. The predicted octanol–water partition coefficient (Wildman–Crippen LogP) is 4.78. The molecular weight excluding hydrogens is 326 g/mol. The highest BCUT2D eigenvalue weighted by Crippen LogP contribution is 2.30. The summed E-state index contributed by atoms with van der Waals surface area (Å²) >= 11 is 0. The van der Waals surface area contributed by atoms with Crippen molar-refractivity contribution in [2.24, 2.45) is 0 Å². The monoisotopic (exact) mass is 349 g/mol.